The van der Waals surface area contributed by atoms with Gasteiger partial charge in [-0.15, -0.1) is 0 Å². The molecule has 10 nitrogen and oxygen atoms in total. The number of carbonyl (C=O) groups is 4. The number of likely N-dealkylation sites (tertiary alicyclic amines) is 2. The Hall–Kier alpha value is -2.83. The maximum Gasteiger partial charge on any atom is 0.410 e. The first-order valence-electron chi connectivity index (χ1n) is 11.7. The second-order valence-electron chi connectivity index (χ2n) is 10.7. The third-order valence-electron chi connectivity index (χ3n) is 5.20. The van der Waals surface area contributed by atoms with Gasteiger partial charge >= 0.3 is 18.2 Å². The van der Waals surface area contributed by atoms with Gasteiger partial charge in [-0.2, -0.15) is 5.26 Å². The number of ether oxygens (including phenoxy) is 2. The molecule has 0 aromatic rings. The highest BCUT2D eigenvalue weighted by molar-refractivity contribution is 5.83. The van der Waals surface area contributed by atoms with Gasteiger partial charge in [-0.05, 0) is 67.2 Å². The highest BCUT2D eigenvalue weighted by atomic mass is 16.6. The zero-order valence-electron chi connectivity index (χ0n) is 21.3. The van der Waals surface area contributed by atoms with Gasteiger partial charge in [0.05, 0.1) is 18.4 Å². The van der Waals surface area contributed by atoms with Crippen molar-refractivity contribution in [1.82, 2.24) is 9.80 Å². The number of carboxylic acids is 1. The molecule has 0 aromatic carbocycles. The van der Waals surface area contributed by atoms with Crippen LogP contribution in [0.2, 0.25) is 0 Å². The molecule has 0 aliphatic carbocycles. The summed E-state index contributed by atoms with van der Waals surface area (Å²) in [5.74, 6) is -1.59. The SMILES string of the molecule is CC(C)(C)OC(=O)N1CCCC(C(=O)CC#N)C1.CC(C)(C)OC(=O)N1CCCC(C(=O)O)C1. The van der Waals surface area contributed by atoms with Crippen molar-refractivity contribution in [3.63, 3.8) is 0 Å². The molecule has 2 atom stereocenters. The highest BCUT2D eigenvalue weighted by Crippen LogP contribution is 2.21. The fourth-order valence-electron chi connectivity index (χ4n) is 3.63. The zero-order valence-corrected chi connectivity index (χ0v) is 21.3. The average molecular weight is 482 g/mol. The number of amides is 2. The summed E-state index contributed by atoms with van der Waals surface area (Å²) >= 11 is 0. The van der Waals surface area contributed by atoms with E-state index in [0.29, 0.717) is 26.1 Å². The summed E-state index contributed by atoms with van der Waals surface area (Å²) in [6, 6.07) is 1.86. The Morgan fingerprint density at radius 2 is 1.26 bits per heavy atom. The number of nitrogens with zero attached hydrogens (tertiary/aromatic N) is 3. The zero-order chi connectivity index (χ0) is 26.1. The summed E-state index contributed by atoms with van der Waals surface area (Å²) in [5, 5.41) is 17.4. The molecular weight excluding hydrogens is 442 g/mol. The monoisotopic (exact) mass is 481 g/mol. The number of hydrogen-bond donors (Lipinski definition) is 1. The largest absolute Gasteiger partial charge is 0.481 e. The van der Waals surface area contributed by atoms with Gasteiger partial charge in [0.25, 0.3) is 0 Å². The number of carboxylic acid groups (broad SMARTS) is 1. The molecule has 192 valence electrons. The standard InChI is InChI=1S/C13H20N2O3.C11H19NO4/c1-13(2,3)18-12(17)15-8-4-5-10(9-15)11(16)6-7-14;1-11(2,3)16-10(15)12-6-4-5-8(7-12)9(13)14/h10H,4-6,8-9H2,1-3H3;8H,4-7H2,1-3H3,(H,13,14). The summed E-state index contributed by atoms with van der Waals surface area (Å²) in [5.41, 5.74) is -1.06. The van der Waals surface area contributed by atoms with E-state index in [0.717, 1.165) is 19.3 Å². The first-order valence-corrected chi connectivity index (χ1v) is 11.7. The smallest absolute Gasteiger partial charge is 0.410 e. The Morgan fingerprint density at radius 3 is 1.65 bits per heavy atom. The third-order valence-corrected chi connectivity index (χ3v) is 5.20. The van der Waals surface area contributed by atoms with Gasteiger partial charge < -0.3 is 24.4 Å². The quantitative estimate of drug-likeness (QED) is 0.642. The van der Waals surface area contributed by atoms with Crippen molar-refractivity contribution in [3.8, 4) is 6.07 Å². The van der Waals surface area contributed by atoms with Crippen LogP contribution < -0.4 is 0 Å². The number of Topliss-reactive ketones (excluding diaryl/α,β-unsaturated/α-hetero) is 1. The van der Waals surface area contributed by atoms with Crippen molar-refractivity contribution in [2.75, 3.05) is 26.2 Å². The van der Waals surface area contributed by atoms with Crippen LogP contribution in [0.25, 0.3) is 0 Å². The minimum absolute atomic E-state index is 0.0766. The van der Waals surface area contributed by atoms with E-state index in [4.69, 9.17) is 19.8 Å². The maximum atomic E-state index is 11.9. The van der Waals surface area contributed by atoms with Crippen molar-refractivity contribution in [2.45, 2.75) is 84.8 Å². The second-order valence-corrected chi connectivity index (χ2v) is 10.7. The summed E-state index contributed by atoms with van der Waals surface area (Å²) in [7, 11) is 0. The molecule has 2 aliphatic rings. The van der Waals surface area contributed by atoms with Crippen molar-refractivity contribution in [3.05, 3.63) is 0 Å². The number of nitriles is 1. The van der Waals surface area contributed by atoms with Gasteiger partial charge in [-0.25, -0.2) is 9.59 Å². The molecular formula is C24H39N3O7. The van der Waals surface area contributed by atoms with Crippen molar-refractivity contribution in [1.29, 1.82) is 5.26 Å². The Bertz CT molecular complexity index is 777. The van der Waals surface area contributed by atoms with Crippen LogP contribution in [0.15, 0.2) is 0 Å². The lowest BCUT2D eigenvalue weighted by atomic mass is 9.93. The van der Waals surface area contributed by atoms with Crippen molar-refractivity contribution < 1.29 is 33.8 Å². The molecule has 2 unspecified atom stereocenters. The number of ketones is 1. The van der Waals surface area contributed by atoms with Crippen LogP contribution in [0.3, 0.4) is 0 Å². The van der Waals surface area contributed by atoms with Crippen molar-refractivity contribution >= 4 is 23.9 Å². The van der Waals surface area contributed by atoms with E-state index in [1.807, 2.05) is 26.8 Å². The molecule has 10 heteroatoms. The lowest BCUT2D eigenvalue weighted by Gasteiger charge is -2.33. The highest BCUT2D eigenvalue weighted by Gasteiger charge is 2.31. The van der Waals surface area contributed by atoms with E-state index < -0.39 is 29.2 Å². The molecule has 2 saturated heterocycles. The Kier molecular flexibility index (Phi) is 10.8. The second kappa shape index (κ2) is 12.6. The van der Waals surface area contributed by atoms with Crippen LogP contribution in [0, 0.1) is 23.2 Å². The number of carbonyl (C=O) groups excluding carboxylic acids is 3. The van der Waals surface area contributed by atoms with Gasteiger partial charge in [0.2, 0.25) is 0 Å². The third kappa shape index (κ3) is 10.9. The van der Waals surface area contributed by atoms with Crippen LogP contribution in [0.5, 0.6) is 0 Å². The van der Waals surface area contributed by atoms with Crippen molar-refractivity contribution in [2.24, 2.45) is 11.8 Å². The van der Waals surface area contributed by atoms with Crippen LogP contribution in [-0.4, -0.2) is 76.2 Å². The Morgan fingerprint density at radius 1 is 0.853 bits per heavy atom. The van der Waals surface area contributed by atoms with Crippen LogP contribution in [0.1, 0.15) is 73.6 Å². The Labute approximate surface area is 202 Å². The average Bonchev–Trinajstić information content (AvgIpc) is 2.72. The number of aliphatic carboxylic acids is 1. The van der Waals surface area contributed by atoms with E-state index >= 15 is 0 Å². The van der Waals surface area contributed by atoms with Gasteiger partial charge in [0.1, 0.15) is 11.2 Å². The van der Waals surface area contributed by atoms with Gasteiger partial charge in [-0.3, -0.25) is 9.59 Å². The van der Waals surface area contributed by atoms with Crippen LogP contribution in [0.4, 0.5) is 9.59 Å². The van der Waals surface area contributed by atoms with Crippen LogP contribution >= 0.6 is 0 Å². The molecule has 2 amide bonds. The molecule has 1 N–H and O–H groups in total. The molecule has 0 radical (unpaired) electrons. The molecule has 2 rings (SSSR count). The van der Waals surface area contributed by atoms with E-state index in [9.17, 15) is 19.2 Å². The molecule has 0 aromatic heterocycles. The summed E-state index contributed by atoms with van der Waals surface area (Å²) in [4.78, 5) is 49.1. The predicted molar refractivity (Wildman–Crippen MR) is 124 cm³/mol. The van der Waals surface area contributed by atoms with Crippen LogP contribution in [-0.2, 0) is 19.1 Å². The number of hydrogen-bond acceptors (Lipinski definition) is 7. The maximum absolute atomic E-state index is 11.9. The molecule has 2 fully saturated rings. The fourth-order valence-corrected chi connectivity index (χ4v) is 3.63. The molecule has 0 spiro atoms. The number of piperidine rings is 2. The Balaban J connectivity index is 0.000000342. The number of rotatable bonds is 3. The summed E-state index contributed by atoms with van der Waals surface area (Å²) < 4.78 is 10.5. The first kappa shape index (κ1) is 29.2. The predicted octanol–water partition coefficient (Wildman–Crippen LogP) is 3.83. The summed E-state index contributed by atoms with van der Waals surface area (Å²) in [6.07, 6.45) is 2.01. The molecule has 0 bridgehead atoms. The minimum atomic E-state index is -0.840. The van der Waals surface area contributed by atoms with E-state index in [1.54, 1.807) is 25.7 Å². The van der Waals surface area contributed by atoms with Gasteiger partial charge in [-0.1, -0.05) is 0 Å². The lowest BCUT2D eigenvalue weighted by Crippen LogP contribution is -2.44. The minimum Gasteiger partial charge on any atom is -0.481 e. The summed E-state index contributed by atoms with van der Waals surface area (Å²) in [6.45, 7) is 12.6. The molecule has 0 saturated carbocycles. The topological polar surface area (TPSA) is 137 Å². The van der Waals surface area contributed by atoms with E-state index in [1.165, 1.54) is 4.90 Å². The fraction of sp³-hybridized carbons (Fsp3) is 0.792. The molecule has 2 heterocycles. The van der Waals surface area contributed by atoms with E-state index in [2.05, 4.69) is 0 Å². The first-order chi connectivity index (χ1) is 15.6. The lowest BCUT2D eigenvalue weighted by molar-refractivity contribution is -0.143. The van der Waals surface area contributed by atoms with Gasteiger partial charge in [0, 0.05) is 32.1 Å². The molecule has 34 heavy (non-hydrogen) atoms. The normalized spacial score (nSPS) is 20.9. The van der Waals surface area contributed by atoms with Gasteiger partial charge in [0.15, 0.2) is 5.78 Å². The van der Waals surface area contributed by atoms with E-state index in [-0.39, 0.29) is 30.8 Å². The molecule has 2 aliphatic heterocycles.